The van der Waals surface area contributed by atoms with Crippen molar-refractivity contribution in [1.29, 1.82) is 0 Å². The van der Waals surface area contributed by atoms with Crippen LogP contribution in [-0.4, -0.2) is 80.6 Å². The molecule has 0 spiro atoms. The maximum Gasteiger partial charge on any atom is 0.362 e. The molecule has 0 aromatic carbocycles. The van der Waals surface area contributed by atoms with E-state index < -0.39 is 18.1 Å². The van der Waals surface area contributed by atoms with Gasteiger partial charge in [0, 0.05) is 19.3 Å². The number of ether oxygens (including phenoxy) is 3. The third kappa shape index (κ3) is 42.8. The van der Waals surface area contributed by atoms with Gasteiger partial charge in [0.1, 0.15) is 6.61 Å². The Labute approximate surface area is 384 Å². The molecule has 0 aliphatic heterocycles. The van der Waals surface area contributed by atoms with Gasteiger partial charge < -0.3 is 23.8 Å². The lowest BCUT2D eigenvalue weighted by Gasteiger charge is -2.31. The highest BCUT2D eigenvalue weighted by molar-refractivity contribution is 5.72. The molecule has 0 heterocycles. The lowest BCUT2D eigenvalue weighted by molar-refractivity contribution is -0.887. The number of likely N-dealkylation sites (N-methyl/N-ethyl adjacent to an activating group) is 1. The van der Waals surface area contributed by atoms with Crippen molar-refractivity contribution in [3.8, 4) is 0 Å². The number of hydrogen-bond acceptors (Lipinski definition) is 6. The summed E-state index contributed by atoms with van der Waals surface area (Å²) in [6, 6.07) is -0.635. The molecule has 0 saturated heterocycles. The molecule has 8 nitrogen and oxygen atoms in total. The number of rotatable bonds is 41. The molecule has 0 amide bonds. The van der Waals surface area contributed by atoms with Gasteiger partial charge in [0.25, 0.3) is 0 Å². The number of allylic oxidation sites excluding steroid dienone is 20. The Bertz CT molecular complexity index is 1440. The first kappa shape index (κ1) is 58.7. The lowest BCUT2D eigenvalue weighted by Crippen LogP contribution is -2.50. The monoisotopic (exact) mass is 875 g/mol. The lowest BCUT2D eigenvalue weighted by atomic mass is 10.1. The average Bonchev–Trinajstić information content (AvgIpc) is 3.24. The second-order valence-corrected chi connectivity index (χ2v) is 16.6. The number of carbonyl (C=O) groups excluding carboxylic acids is 2. The summed E-state index contributed by atoms with van der Waals surface area (Å²) in [6.07, 6.45) is 62.6. The maximum absolute atomic E-state index is 12.8. The molecule has 0 radical (unpaired) electrons. The fourth-order valence-corrected chi connectivity index (χ4v) is 6.22. The number of carbonyl (C=O) groups is 3. The predicted molar refractivity (Wildman–Crippen MR) is 265 cm³/mol. The van der Waals surface area contributed by atoms with Crippen LogP contribution in [0.1, 0.15) is 155 Å². The van der Waals surface area contributed by atoms with Gasteiger partial charge in [-0.15, -0.1) is 0 Å². The summed E-state index contributed by atoms with van der Waals surface area (Å²) in [5, 5.41) is 9.64. The number of carboxylic acid groups (broad SMARTS) is 1. The highest BCUT2D eigenvalue weighted by atomic mass is 16.6. The van der Waals surface area contributed by atoms with E-state index in [1.165, 1.54) is 19.3 Å². The van der Waals surface area contributed by atoms with E-state index in [2.05, 4.69) is 123 Å². The molecule has 0 saturated carbocycles. The second kappa shape index (κ2) is 44.3. The van der Waals surface area contributed by atoms with Crippen LogP contribution in [0.5, 0.6) is 0 Å². The molecular weight excluding hydrogens is 787 g/mol. The fraction of sp³-hybridized carbons (Fsp3) is 0.582. The van der Waals surface area contributed by atoms with Crippen LogP contribution in [-0.2, 0) is 28.6 Å². The van der Waals surface area contributed by atoms with Gasteiger partial charge in [0.15, 0.2) is 12.1 Å². The van der Waals surface area contributed by atoms with Gasteiger partial charge in [-0.05, 0) is 89.9 Å². The van der Waals surface area contributed by atoms with Crippen molar-refractivity contribution in [2.24, 2.45) is 0 Å². The first-order chi connectivity index (χ1) is 30.6. The molecule has 2 atom stereocenters. The molecule has 0 bridgehead atoms. The summed E-state index contributed by atoms with van der Waals surface area (Å²) in [7, 11) is 5.49. The van der Waals surface area contributed by atoms with E-state index in [1.54, 1.807) is 0 Å². The van der Waals surface area contributed by atoms with E-state index >= 15 is 0 Å². The summed E-state index contributed by atoms with van der Waals surface area (Å²) < 4.78 is 17.2. The Morgan fingerprint density at radius 2 is 0.873 bits per heavy atom. The van der Waals surface area contributed by atoms with Crippen LogP contribution in [0.25, 0.3) is 0 Å². The molecule has 0 rings (SSSR count). The molecule has 63 heavy (non-hydrogen) atoms. The quantitative estimate of drug-likeness (QED) is 0.0283. The van der Waals surface area contributed by atoms with Gasteiger partial charge in [0.05, 0.1) is 34.4 Å². The number of unbranched alkanes of at least 4 members (excludes halogenated alkanes) is 7. The van der Waals surface area contributed by atoms with Gasteiger partial charge in [-0.25, -0.2) is 4.79 Å². The summed E-state index contributed by atoms with van der Waals surface area (Å²) in [4.78, 5) is 37.1. The number of quaternary nitrogens is 1. The smallest absolute Gasteiger partial charge is 0.362 e. The first-order valence-corrected chi connectivity index (χ1v) is 24.1. The van der Waals surface area contributed by atoms with Crippen molar-refractivity contribution in [1.82, 2.24) is 0 Å². The van der Waals surface area contributed by atoms with E-state index in [0.717, 1.165) is 96.3 Å². The number of carboxylic acids is 1. The summed E-state index contributed by atoms with van der Waals surface area (Å²) >= 11 is 0. The van der Waals surface area contributed by atoms with Crippen LogP contribution in [0, 0.1) is 0 Å². The number of aliphatic carboxylic acids is 1. The summed E-state index contributed by atoms with van der Waals surface area (Å²) in [5.74, 6) is -1.60. The standard InChI is InChI=1S/C55H87NO7/c1-6-8-10-12-14-16-18-20-22-24-25-26-27-28-29-30-32-34-36-38-40-42-44-46-54(58)63-51(49-61-48-47-52(55(59)60)56(3,4)5)50-62-53(57)45-43-41-39-37-35-33-31-23-21-19-17-15-13-11-9-7-2/h8-11,14-17,20-23,25-26,28-29,33,35,39,41,51-52H,6-7,12-13,18-19,24,27,30-32,34,36-38,40,42-50H2,1-5H3/p+1/b10-8+,11-9+,16-14+,17-15+,22-20+,23-21+,26-25+,29-28+,35-33+,41-39+. The van der Waals surface area contributed by atoms with Gasteiger partial charge in [-0.2, -0.15) is 0 Å². The zero-order valence-corrected chi connectivity index (χ0v) is 40.2. The third-order valence-corrected chi connectivity index (χ3v) is 9.87. The van der Waals surface area contributed by atoms with E-state index in [4.69, 9.17) is 14.2 Å². The topological polar surface area (TPSA) is 99.1 Å². The van der Waals surface area contributed by atoms with Gasteiger partial charge >= 0.3 is 17.9 Å². The molecular formula is C55H88NO7+. The number of hydrogen-bond donors (Lipinski definition) is 1. The highest BCUT2D eigenvalue weighted by Gasteiger charge is 2.31. The number of nitrogens with zero attached hydrogens (tertiary/aromatic N) is 1. The molecule has 0 aliphatic rings. The number of esters is 2. The third-order valence-electron chi connectivity index (χ3n) is 9.87. The largest absolute Gasteiger partial charge is 0.477 e. The molecule has 2 unspecified atom stereocenters. The van der Waals surface area contributed by atoms with E-state index in [9.17, 15) is 19.5 Å². The first-order valence-electron chi connectivity index (χ1n) is 24.1. The molecule has 0 aromatic heterocycles. The van der Waals surface area contributed by atoms with Crippen molar-refractivity contribution in [2.75, 3.05) is 41.0 Å². The minimum absolute atomic E-state index is 0.0247. The average molecular weight is 875 g/mol. The summed E-state index contributed by atoms with van der Waals surface area (Å²) in [5.41, 5.74) is 0. The van der Waals surface area contributed by atoms with Crippen LogP contribution in [0.2, 0.25) is 0 Å². The molecule has 0 aromatic rings. The molecule has 354 valence electrons. The Morgan fingerprint density at radius 1 is 0.476 bits per heavy atom. The fourth-order valence-electron chi connectivity index (χ4n) is 6.22. The van der Waals surface area contributed by atoms with Gasteiger partial charge in [-0.3, -0.25) is 9.59 Å². The highest BCUT2D eigenvalue weighted by Crippen LogP contribution is 2.13. The zero-order valence-electron chi connectivity index (χ0n) is 40.2. The van der Waals surface area contributed by atoms with Gasteiger partial charge in [0.2, 0.25) is 0 Å². The second-order valence-electron chi connectivity index (χ2n) is 16.6. The summed E-state index contributed by atoms with van der Waals surface area (Å²) in [6.45, 7) is 4.39. The normalized spacial score (nSPS) is 14.0. The molecule has 8 heteroatoms. The van der Waals surface area contributed by atoms with Crippen molar-refractivity contribution in [3.05, 3.63) is 122 Å². The molecule has 0 fully saturated rings. The predicted octanol–water partition coefficient (Wildman–Crippen LogP) is 13.8. The van der Waals surface area contributed by atoms with E-state index in [-0.39, 0.29) is 42.7 Å². The molecule has 0 aliphatic carbocycles. The SMILES string of the molecule is CC/C=C/C/C=C/C/C=C/C/C=C/C/C=C/CCCCCCCCCC(=O)OC(COCCC(C(=O)O)[N+](C)(C)C)COC(=O)CC/C=C/C/C=C/C/C=C/C/C=C/C/C=C/CC. The van der Waals surface area contributed by atoms with Crippen LogP contribution >= 0.6 is 0 Å². The van der Waals surface area contributed by atoms with Crippen molar-refractivity contribution in [2.45, 2.75) is 167 Å². The minimum atomic E-state index is -0.892. The Kier molecular flexibility index (Phi) is 41.3. The van der Waals surface area contributed by atoms with Crippen LogP contribution in [0.4, 0.5) is 0 Å². The Hall–Kier alpha value is -4.27. The Morgan fingerprint density at radius 3 is 1.30 bits per heavy atom. The molecule has 1 N–H and O–H groups in total. The minimum Gasteiger partial charge on any atom is -0.477 e. The Balaban J connectivity index is 4.42. The zero-order chi connectivity index (χ0) is 46.3. The van der Waals surface area contributed by atoms with Gasteiger partial charge in [-0.1, -0.05) is 167 Å². The van der Waals surface area contributed by atoms with E-state index in [0.29, 0.717) is 19.3 Å². The maximum atomic E-state index is 12.8. The van der Waals surface area contributed by atoms with Crippen molar-refractivity contribution in [3.63, 3.8) is 0 Å². The van der Waals surface area contributed by atoms with Crippen LogP contribution in [0.3, 0.4) is 0 Å². The van der Waals surface area contributed by atoms with Crippen molar-refractivity contribution >= 4 is 17.9 Å². The van der Waals surface area contributed by atoms with Crippen LogP contribution < -0.4 is 0 Å². The van der Waals surface area contributed by atoms with Crippen molar-refractivity contribution < 1.29 is 38.2 Å². The van der Waals surface area contributed by atoms with Crippen LogP contribution in [0.15, 0.2) is 122 Å². The van der Waals surface area contributed by atoms with E-state index in [1.807, 2.05) is 33.3 Å².